The lowest BCUT2D eigenvalue weighted by Gasteiger charge is -2.40. The first-order chi connectivity index (χ1) is 14.4. The minimum Gasteiger partial charge on any atom is -0.507 e. The zero-order valence-corrected chi connectivity index (χ0v) is 17.5. The average Bonchev–Trinajstić information content (AvgIpc) is 3.21. The Hall–Kier alpha value is -3.03. The molecule has 0 spiro atoms. The second-order valence-electron chi connectivity index (χ2n) is 7.97. The van der Waals surface area contributed by atoms with Gasteiger partial charge >= 0.3 is 5.97 Å². The highest BCUT2D eigenvalue weighted by Gasteiger charge is 2.29. The molecule has 2 aromatic carbocycles. The summed E-state index contributed by atoms with van der Waals surface area (Å²) >= 11 is 0. The first kappa shape index (κ1) is 20.3. The lowest BCUT2D eigenvalue weighted by molar-refractivity contribution is 0.0692. The van der Waals surface area contributed by atoms with Crippen molar-refractivity contribution in [3.8, 4) is 11.5 Å². The number of rotatable bonds is 5. The summed E-state index contributed by atoms with van der Waals surface area (Å²) in [5, 5.41) is 20.6. The molecule has 1 atom stereocenters. The number of fused-ring (bicyclic) bond motifs is 1. The van der Waals surface area contributed by atoms with Crippen molar-refractivity contribution in [2.75, 3.05) is 33.8 Å². The zero-order chi connectivity index (χ0) is 21.4. The molecular formula is C23H27N3O4. The van der Waals surface area contributed by atoms with Gasteiger partial charge in [-0.15, -0.1) is 0 Å². The molecule has 2 heterocycles. The fourth-order valence-corrected chi connectivity index (χ4v) is 4.38. The average molecular weight is 409 g/mol. The Balaban J connectivity index is 1.72. The molecule has 158 valence electrons. The van der Waals surface area contributed by atoms with Crippen LogP contribution in [0.3, 0.4) is 0 Å². The van der Waals surface area contributed by atoms with E-state index in [0.29, 0.717) is 6.54 Å². The summed E-state index contributed by atoms with van der Waals surface area (Å²) in [5.41, 5.74) is 4.20. The summed E-state index contributed by atoms with van der Waals surface area (Å²) in [7, 11) is 3.77. The molecule has 30 heavy (non-hydrogen) atoms. The standard InChI is InChI=1S/C23H27N3O4/c1-14-10-21(30-3)18(16-6-7-24-22(14)16)12-26-9-8-25(2)13-19(26)15-4-5-17(23(28)29)20(27)11-15/h4-7,10-11,19,24,27H,8-9,12-13H2,1-3H3,(H,28,29). The number of aryl methyl sites for hydroxylation is 1. The van der Waals surface area contributed by atoms with Gasteiger partial charge in [-0.1, -0.05) is 6.07 Å². The number of carboxylic acid groups (broad SMARTS) is 1. The number of piperazine rings is 1. The monoisotopic (exact) mass is 409 g/mol. The lowest BCUT2D eigenvalue weighted by Crippen LogP contribution is -2.46. The van der Waals surface area contributed by atoms with Crippen LogP contribution in [0.15, 0.2) is 36.5 Å². The van der Waals surface area contributed by atoms with Crippen LogP contribution in [0.4, 0.5) is 0 Å². The number of aromatic carboxylic acids is 1. The van der Waals surface area contributed by atoms with Gasteiger partial charge in [-0.2, -0.15) is 0 Å². The number of aromatic amines is 1. The molecule has 0 amide bonds. The Kier molecular flexibility index (Phi) is 5.40. The van der Waals surface area contributed by atoms with E-state index in [1.807, 2.05) is 6.20 Å². The maximum Gasteiger partial charge on any atom is 0.339 e. The minimum absolute atomic E-state index is 0.0255. The Bertz CT molecular complexity index is 1090. The van der Waals surface area contributed by atoms with Gasteiger partial charge < -0.3 is 24.8 Å². The first-order valence-corrected chi connectivity index (χ1v) is 10.0. The Labute approximate surface area is 175 Å². The van der Waals surface area contributed by atoms with E-state index in [2.05, 4.69) is 40.9 Å². The highest BCUT2D eigenvalue weighted by molar-refractivity contribution is 5.91. The number of hydrogen-bond donors (Lipinski definition) is 3. The number of hydrogen-bond acceptors (Lipinski definition) is 5. The van der Waals surface area contributed by atoms with Crippen molar-refractivity contribution in [2.45, 2.75) is 19.5 Å². The van der Waals surface area contributed by atoms with E-state index < -0.39 is 5.97 Å². The van der Waals surface area contributed by atoms with Gasteiger partial charge in [0.15, 0.2) is 0 Å². The van der Waals surface area contributed by atoms with Crippen LogP contribution in [-0.4, -0.2) is 64.8 Å². The fraction of sp³-hybridized carbons (Fsp3) is 0.348. The van der Waals surface area contributed by atoms with Gasteiger partial charge in [0.1, 0.15) is 17.1 Å². The molecule has 7 nitrogen and oxygen atoms in total. The van der Waals surface area contributed by atoms with Crippen LogP contribution in [0.25, 0.3) is 10.9 Å². The van der Waals surface area contributed by atoms with Crippen molar-refractivity contribution in [3.05, 3.63) is 58.8 Å². The van der Waals surface area contributed by atoms with E-state index in [1.54, 1.807) is 19.2 Å². The van der Waals surface area contributed by atoms with Crippen molar-refractivity contribution in [3.63, 3.8) is 0 Å². The van der Waals surface area contributed by atoms with E-state index >= 15 is 0 Å². The summed E-state index contributed by atoms with van der Waals surface area (Å²) in [6.45, 7) is 5.33. The van der Waals surface area contributed by atoms with Crippen molar-refractivity contribution < 1.29 is 19.7 Å². The summed E-state index contributed by atoms with van der Waals surface area (Å²) in [6, 6.07) is 9.04. The van der Waals surface area contributed by atoms with E-state index in [-0.39, 0.29) is 17.4 Å². The predicted molar refractivity (Wildman–Crippen MR) is 115 cm³/mol. The van der Waals surface area contributed by atoms with Crippen molar-refractivity contribution in [1.29, 1.82) is 0 Å². The maximum atomic E-state index is 11.3. The predicted octanol–water partition coefficient (Wildman–Crippen LogP) is 3.38. The Morgan fingerprint density at radius 2 is 2.07 bits per heavy atom. The third-order valence-electron chi connectivity index (χ3n) is 6.02. The minimum atomic E-state index is -1.13. The van der Waals surface area contributed by atoms with Crippen LogP contribution in [0, 0.1) is 6.92 Å². The number of H-pyrrole nitrogens is 1. The third-order valence-corrected chi connectivity index (χ3v) is 6.02. The highest BCUT2D eigenvalue weighted by atomic mass is 16.5. The second kappa shape index (κ2) is 8.01. The fourth-order valence-electron chi connectivity index (χ4n) is 4.38. The molecule has 0 aliphatic carbocycles. The first-order valence-electron chi connectivity index (χ1n) is 10.0. The topological polar surface area (TPSA) is 89.0 Å². The van der Waals surface area contributed by atoms with Gasteiger partial charge in [-0.3, -0.25) is 4.90 Å². The largest absolute Gasteiger partial charge is 0.507 e. The molecule has 1 aliphatic heterocycles. The van der Waals surface area contributed by atoms with Gasteiger partial charge in [0.25, 0.3) is 0 Å². The molecule has 1 unspecified atom stereocenters. The van der Waals surface area contributed by atoms with Gasteiger partial charge in [0, 0.05) is 54.9 Å². The Morgan fingerprint density at radius 3 is 2.77 bits per heavy atom. The van der Waals surface area contributed by atoms with Crippen LogP contribution in [0.1, 0.15) is 33.1 Å². The van der Waals surface area contributed by atoms with Crippen LogP contribution in [0.5, 0.6) is 11.5 Å². The van der Waals surface area contributed by atoms with Crippen molar-refractivity contribution >= 4 is 16.9 Å². The number of aromatic nitrogens is 1. The maximum absolute atomic E-state index is 11.3. The van der Waals surface area contributed by atoms with E-state index in [0.717, 1.165) is 53.0 Å². The number of nitrogens with zero attached hydrogens (tertiary/aromatic N) is 2. The molecule has 7 heteroatoms. The number of methoxy groups -OCH3 is 1. The van der Waals surface area contributed by atoms with E-state index in [1.165, 1.54) is 6.07 Å². The molecule has 4 rings (SSSR count). The number of phenols is 1. The van der Waals surface area contributed by atoms with Crippen molar-refractivity contribution in [1.82, 2.24) is 14.8 Å². The number of carboxylic acids is 1. The number of benzene rings is 2. The van der Waals surface area contributed by atoms with Crippen LogP contribution >= 0.6 is 0 Å². The van der Waals surface area contributed by atoms with Gasteiger partial charge in [0.2, 0.25) is 0 Å². The number of carbonyl (C=O) groups is 1. The SMILES string of the molecule is COc1cc(C)c2[nH]ccc2c1CN1CCN(C)CC1c1ccc(C(=O)O)c(O)c1. The smallest absolute Gasteiger partial charge is 0.339 e. The summed E-state index contributed by atoms with van der Waals surface area (Å²) in [4.78, 5) is 19.2. The highest BCUT2D eigenvalue weighted by Crippen LogP contribution is 2.35. The number of aromatic hydroxyl groups is 1. The van der Waals surface area contributed by atoms with Gasteiger partial charge in [-0.05, 0) is 49.4 Å². The summed E-state index contributed by atoms with van der Waals surface area (Å²) in [6.07, 6.45) is 1.95. The van der Waals surface area contributed by atoms with Gasteiger partial charge in [-0.25, -0.2) is 4.79 Å². The zero-order valence-electron chi connectivity index (χ0n) is 17.5. The molecular weight excluding hydrogens is 382 g/mol. The normalized spacial score (nSPS) is 18.0. The van der Waals surface area contributed by atoms with Crippen LogP contribution in [-0.2, 0) is 6.54 Å². The number of ether oxygens (including phenoxy) is 1. The van der Waals surface area contributed by atoms with E-state index in [4.69, 9.17) is 4.74 Å². The molecule has 3 N–H and O–H groups in total. The van der Waals surface area contributed by atoms with E-state index in [9.17, 15) is 15.0 Å². The lowest BCUT2D eigenvalue weighted by atomic mass is 9.98. The molecule has 1 fully saturated rings. The molecule has 1 saturated heterocycles. The van der Waals surface area contributed by atoms with Crippen LogP contribution < -0.4 is 4.74 Å². The second-order valence-corrected chi connectivity index (χ2v) is 7.97. The summed E-state index contributed by atoms with van der Waals surface area (Å²) in [5.74, 6) is -0.466. The third kappa shape index (κ3) is 3.62. The molecule has 0 saturated carbocycles. The Morgan fingerprint density at radius 1 is 1.27 bits per heavy atom. The molecule has 0 radical (unpaired) electrons. The van der Waals surface area contributed by atoms with Crippen LogP contribution in [0.2, 0.25) is 0 Å². The van der Waals surface area contributed by atoms with Crippen molar-refractivity contribution in [2.24, 2.45) is 0 Å². The summed E-state index contributed by atoms with van der Waals surface area (Å²) < 4.78 is 5.71. The van der Waals surface area contributed by atoms with Gasteiger partial charge in [0.05, 0.1) is 7.11 Å². The molecule has 1 aliphatic rings. The number of nitrogens with one attached hydrogen (secondary N) is 1. The molecule has 1 aromatic heterocycles. The molecule has 3 aromatic rings. The number of likely N-dealkylation sites (N-methyl/N-ethyl adjacent to an activating group) is 1. The molecule has 0 bridgehead atoms. The quantitative estimate of drug-likeness (QED) is 0.599.